The van der Waals surface area contributed by atoms with E-state index in [0.717, 1.165) is 6.42 Å². The van der Waals surface area contributed by atoms with E-state index in [0.29, 0.717) is 23.8 Å². The highest BCUT2D eigenvalue weighted by molar-refractivity contribution is 6.32. The number of hydrogen-bond donors (Lipinski definition) is 2. The molecule has 16 heavy (non-hydrogen) atoms. The Labute approximate surface area is 100 Å². The topological polar surface area (TPSA) is 68.0 Å². The van der Waals surface area contributed by atoms with Crippen molar-refractivity contribution in [2.24, 2.45) is 11.7 Å². The fourth-order valence-corrected chi connectivity index (χ4v) is 1.50. The molecule has 0 aliphatic rings. The van der Waals surface area contributed by atoms with Crippen molar-refractivity contribution in [2.75, 3.05) is 11.9 Å². The minimum atomic E-state index is -0.0767. The SMILES string of the molecule is CCC(CN)CC(=O)Nc1cccnc1Cl. The first-order chi connectivity index (χ1) is 7.67. The van der Waals surface area contributed by atoms with Crippen molar-refractivity contribution >= 4 is 23.2 Å². The maximum atomic E-state index is 11.6. The number of nitrogens with one attached hydrogen (secondary N) is 1. The number of carbonyl (C=O) groups is 1. The lowest BCUT2D eigenvalue weighted by atomic mass is 10.0. The highest BCUT2D eigenvalue weighted by Crippen LogP contribution is 2.18. The molecule has 0 radical (unpaired) electrons. The van der Waals surface area contributed by atoms with Crippen molar-refractivity contribution in [3.63, 3.8) is 0 Å². The fraction of sp³-hybridized carbons (Fsp3) is 0.455. The Kier molecular flexibility index (Phi) is 5.22. The van der Waals surface area contributed by atoms with Gasteiger partial charge in [0.25, 0.3) is 0 Å². The number of amides is 1. The molecule has 0 saturated carbocycles. The second-order valence-corrected chi connectivity index (χ2v) is 3.96. The summed E-state index contributed by atoms with van der Waals surface area (Å²) < 4.78 is 0. The number of hydrogen-bond acceptors (Lipinski definition) is 3. The van der Waals surface area contributed by atoms with Crippen LogP contribution in [-0.2, 0) is 4.79 Å². The molecule has 5 heteroatoms. The molecule has 88 valence electrons. The lowest BCUT2D eigenvalue weighted by Gasteiger charge is -2.12. The molecule has 1 aromatic rings. The Morgan fingerprint density at radius 2 is 2.44 bits per heavy atom. The first-order valence-corrected chi connectivity index (χ1v) is 5.65. The summed E-state index contributed by atoms with van der Waals surface area (Å²) in [5, 5.41) is 3.02. The van der Waals surface area contributed by atoms with Crippen molar-refractivity contribution in [1.29, 1.82) is 0 Å². The van der Waals surface area contributed by atoms with E-state index in [4.69, 9.17) is 17.3 Å². The molecule has 3 N–H and O–H groups in total. The van der Waals surface area contributed by atoms with Crippen LogP contribution in [0.2, 0.25) is 5.15 Å². The number of anilines is 1. The van der Waals surface area contributed by atoms with Crippen molar-refractivity contribution < 1.29 is 4.79 Å². The molecule has 1 unspecified atom stereocenters. The van der Waals surface area contributed by atoms with Gasteiger partial charge in [-0.05, 0) is 24.6 Å². The molecular weight excluding hydrogens is 226 g/mol. The zero-order valence-electron chi connectivity index (χ0n) is 9.24. The number of pyridine rings is 1. The minimum absolute atomic E-state index is 0.0767. The molecule has 0 aromatic carbocycles. The van der Waals surface area contributed by atoms with E-state index in [1.54, 1.807) is 18.3 Å². The molecule has 1 amide bonds. The van der Waals surface area contributed by atoms with Gasteiger partial charge in [-0.15, -0.1) is 0 Å². The summed E-state index contributed by atoms with van der Waals surface area (Å²) in [5.74, 6) is 0.141. The van der Waals surface area contributed by atoms with Crippen LogP contribution in [-0.4, -0.2) is 17.4 Å². The normalized spacial score (nSPS) is 12.2. The van der Waals surface area contributed by atoms with Crippen LogP contribution in [0.3, 0.4) is 0 Å². The van der Waals surface area contributed by atoms with Crippen LogP contribution in [0.1, 0.15) is 19.8 Å². The first-order valence-electron chi connectivity index (χ1n) is 5.27. The van der Waals surface area contributed by atoms with Gasteiger partial charge < -0.3 is 11.1 Å². The largest absolute Gasteiger partial charge is 0.330 e. The molecule has 1 aromatic heterocycles. The van der Waals surface area contributed by atoms with Gasteiger partial charge in [0.2, 0.25) is 5.91 Å². The molecule has 1 heterocycles. The third-order valence-corrected chi connectivity index (χ3v) is 2.72. The standard InChI is InChI=1S/C11H16ClN3O/c1-2-8(7-13)6-10(16)15-9-4-3-5-14-11(9)12/h3-5,8H,2,6-7,13H2,1H3,(H,15,16). The summed E-state index contributed by atoms with van der Waals surface area (Å²) in [6.07, 6.45) is 2.88. The molecule has 0 fully saturated rings. The molecule has 4 nitrogen and oxygen atoms in total. The van der Waals surface area contributed by atoms with E-state index in [-0.39, 0.29) is 11.8 Å². The first kappa shape index (κ1) is 12.9. The maximum Gasteiger partial charge on any atom is 0.224 e. The zero-order valence-corrected chi connectivity index (χ0v) is 10.00. The number of nitrogens with zero attached hydrogens (tertiary/aromatic N) is 1. The van der Waals surface area contributed by atoms with E-state index in [1.165, 1.54) is 0 Å². The van der Waals surface area contributed by atoms with E-state index >= 15 is 0 Å². The second kappa shape index (κ2) is 6.45. The van der Waals surface area contributed by atoms with Gasteiger partial charge in [-0.1, -0.05) is 24.9 Å². The molecule has 0 spiro atoms. The van der Waals surface area contributed by atoms with Crippen LogP contribution in [0.25, 0.3) is 0 Å². The average molecular weight is 242 g/mol. The molecule has 1 rings (SSSR count). The van der Waals surface area contributed by atoms with Gasteiger partial charge in [-0.25, -0.2) is 4.98 Å². The quantitative estimate of drug-likeness (QED) is 0.776. The molecule has 0 aliphatic carbocycles. The smallest absolute Gasteiger partial charge is 0.224 e. The number of nitrogens with two attached hydrogens (primary N) is 1. The summed E-state index contributed by atoms with van der Waals surface area (Å²) in [5.41, 5.74) is 6.08. The summed E-state index contributed by atoms with van der Waals surface area (Å²) >= 11 is 5.82. The van der Waals surface area contributed by atoms with Crippen LogP contribution in [0.5, 0.6) is 0 Å². The van der Waals surface area contributed by atoms with Gasteiger partial charge in [0.15, 0.2) is 5.15 Å². The molecule has 0 aliphatic heterocycles. The molecule has 0 bridgehead atoms. The molecule has 1 atom stereocenters. The van der Waals surface area contributed by atoms with Gasteiger partial charge >= 0.3 is 0 Å². The van der Waals surface area contributed by atoms with Crippen LogP contribution in [0.4, 0.5) is 5.69 Å². The summed E-state index contributed by atoms with van der Waals surface area (Å²) in [4.78, 5) is 15.5. The Hall–Kier alpha value is -1.13. The second-order valence-electron chi connectivity index (χ2n) is 3.60. The van der Waals surface area contributed by atoms with Crippen molar-refractivity contribution in [2.45, 2.75) is 19.8 Å². The van der Waals surface area contributed by atoms with Crippen LogP contribution in [0, 0.1) is 5.92 Å². The Bertz CT molecular complexity index is 353. The predicted molar refractivity (Wildman–Crippen MR) is 65.3 cm³/mol. The van der Waals surface area contributed by atoms with E-state index in [9.17, 15) is 4.79 Å². The minimum Gasteiger partial charge on any atom is -0.330 e. The number of halogens is 1. The summed E-state index contributed by atoms with van der Waals surface area (Å²) in [7, 11) is 0. The Balaban J connectivity index is 2.55. The Morgan fingerprint density at radius 3 is 3.00 bits per heavy atom. The predicted octanol–water partition coefficient (Wildman–Crippen LogP) is 2.05. The van der Waals surface area contributed by atoms with Gasteiger partial charge in [0.05, 0.1) is 5.69 Å². The summed E-state index contributed by atoms with van der Waals surface area (Å²) in [6, 6.07) is 3.44. The van der Waals surface area contributed by atoms with Gasteiger partial charge in [-0.3, -0.25) is 4.79 Å². The van der Waals surface area contributed by atoms with Gasteiger partial charge in [0, 0.05) is 12.6 Å². The van der Waals surface area contributed by atoms with Crippen LogP contribution < -0.4 is 11.1 Å². The van der Waals surface area contributed by atoms with Crippen molar-refractivity contribution in [3.05, 3.63) is 23.5 Å². The van der Waals surface area contributed by atoms with Crippen LogP contribution in [0.15, 0.2) is 18.3 Å². The maximum absolute atomic E-state index is 11.6. The number of rotatable bonds is 5. The van der Waals surface area contributed by atoms with E-state index < -0.39 is 0 Å². The van der Waals surface area contributed by atoms with Gasteiger partial charge in [0.1, 0.15) is 0 Å². The Morgan fingerprint density at radius 1 is 1.69 bits per heavy atom. The zero-order chi connectivity index (χ0) is 12.0. The van der Waals surface area contributed by atoms with Crippen molar-refractivity contribution in [3.8, 4) is 0 Å². The number of carbonyl (C=O) groups excluding carboxylic acids is 1. The third kappa shape index (κ3) is 3.79. The monoisotopic (exact) mass is 241 g/mol. The highest BCUT2D eigenvalue weighted by atomic mass is 35.5. The fourth-order valence-electron chi connectivity index (χ4n) is 1.34. The third-order valence-electron chi connectivity index (χ3n) is 2.42. The van der Waals surface area contributed by atoms with E-state index in [1.807, 2.05) is 6.92 Å². The summed E-state index contributed by atoms with van der Waals surface area (Å²) in [6.45, 7) is 2.53. The lowest BCUT2D eigenvalue weighted by molar-refractivity contribution is -0.117. The van der Waals surface area contributed by atoms with Crippen molar-refractivity contribution in [1.82, 2.24) is 4.98 Å². The highest BCUT2D eigenvalue weighted by Gasteiger charge is 2.11. The molecular formula is C11H16ClN3O. The van der Waals surface area contributed by atoms with Crippen LogP contribution >= 0.6 is 11.6 Å². The molecule has 0 saturated heterocycles. The average Bonchev–Trinajstić information content (AvgIpc) is 2.29. The van der Waals surface area contributed by atoms with Gasteiger partial charge in [-0.2, -0.15) is 0 Å². The van der Waals surface area contributed by atoms with E-state index in [2.05, 4.69) is 10.3 Å². The number of aromatic nitrogens is 1. The lowest BCUT2D eigenvalue weighted by Crippen LogP contribution is -2.21.